The van der Waals surface area contributed by atoms with Gasteiger partial charge in [0, 0.05) is 12.1 Å². The van der Waals surface area contributed by atoms with Crippen molar-refractivity contribution in [2.75, 3.05) is 0 Å². The molecule has 3 aliphatic rings. The first-order valence-corrected chi connectivity index (χ1v) is 9.93. The van der Waals surface area contributed by atoms with Gasteiger partial charge in [-0.3, -0.25) is 0 Å². The molecular weight excluding hydrogens is 254 g/mol. The van der Waals surface area contributed by atoms with Gasteiger partial charge in [0.1, 0.15) is 0 Å². The van der Waals surface area contributed by atoms with Crippen molar-refractivity contribution in [3.63, 3.8) is 0 Å². The van der Waals surface area contributed by atoms with Crippen LogP contribution in [-0.2, 0) is 0 Å². The first kappa shape index (κ1) is 15.8. The normalized spacial score (nSPS) is 38.3. The molecule has 21 heavy (non-hydrogen) atoms. The number of rotatable bonds is 3. The Balaban J connectivity index is 1.63. The molecule has 3 atom stereocenters. The Morgan fingerprint density at radius 1 is 0.714 bits per heavy atom. The second-order valence-electron chi connectivity index (χ2n) is 8.91. The quantitative estimate of drug-likeness (QED) is 0.705. The van der Waals surface area contributed by atoms with Gasteiger partial charge >= 0.3 is 0 Å². The predicted molar refractivity (Wildman–Crippen MR) is 91.5 cm³/mol. The number of hydrogen-bond donors (Lipinski definition) is 1. The maximum atomic E-state index is 4.20. The first-order chi connectivity index (χ1) is 10.2. The molecule has 0 aromatic heterocycles. The molecule has 3 rings (SSSR count). The van der Waals surface area contributed by atoms with Crippen molar-refractivity contribution < 1.29 is 0 Å². The van der Waals surface area contributed by atoms with Crippen LogP contribution in [0.2, 0.25) is 0 Å². The van der Waals surface area contributed by atoms with Crippen molar-refractivity contribution >= 4 is 0 Å². The summed E-state index contributed by atoms with van der Waals surface area (Å²) in [6, 6.07) is 1.62. The van der Waals surface area contributed by atoms with E-state index in [9.17, 15) is 0 Å². The van der Waals surface area contributed by atoms with Crippen molar-refractivity contribution in [3.8, 4) is 0 Å². The SMILES string of the molecule is CC1(C)CCCCC1NC1CCCCC1C1CCCCC1. The van der Waals surface area contributed by atoms with Gasteiger partial charge in [0.15, 0.2) is 0 Å². The zero-order valence-electron chi connectivity index (χ0n) is 14.5. The van der Waals surface area contributed by atoms with E-state index >= 15 is 0 Å². The molecule has 0 saturated heterocycles. The largest absolute Gasteiger partial charge is 0.310 e. The Labute approximate surface area is 132 Å². The van der Waals surface area contributed by atoms with Gasteiger partial charge < -0.3 is 5.32 Å². The Morgan fingerprint density at radius 2 is 1.38 bits per heavy atom. The summed E-state index contributed by atoms with van der Waals surface area (Å²) in [6.07, 6.45) is 19.2. The Morgan fingerprint density at radius 3 is 2.14 bits per heavy atom. The highest BCUT2D eigenvalue weighted by Crippen LogP contribution is 2.41. The maximum Gasteiger partial charge on any atom is 0.0121 e. The molecule has 0 bridgehead atoms. The highest BCUT2D eigenvalue weighted by Gasteiger charge is 2.38. The zero-order valence-corrected chi connectivity index (χ0v) is 14.5. The van der Waals surface area contributed by atoms with E-state index in [0.717, 1.165) is 23.9 Å². The molecule has 0 heterocycles. The van der Waals surface area contributed by atoms with Crippen LogP contribution in [0.15, 0.2) is 0 Å². The van der Waals surface area contributed by atoms with E-state index in [0.29, 0.717) is 5.41 Å². The lowest BCUT2D eigenvalue weighted by Gasteiger charge is -2.46. The maximum absolute atomic E-state index is 4.20. The van der Waals surface area contributed by atoms with Crippen LogP contribution in [0.4, 0.5) is 0 Å². The summed E-state index contributed by atoms with van der Waals surface area (Å²) in [5.41, 5.74) is 0.521. The molecule has 1 heteroatoms. The summed E-state index contributed by atoms with van der Waals surface area (Å²) in [5.74, 6) is 2.04. The summed E-state index contributed by atoms with van der Waals surface area (Å²) in [4.78, 5) is 0. The monoisotopic (exact) mass is 291 g/mol. The highest BCUT2D eigenvalue weighted by molar-refractivity contribution is 4.94. The molecule has 0 radical (unpaired) electrons. The van der Waals surface area contributed by atoms with Crippen molar-refractivity contribution in [1.29, 1.82) is 0 Å². The van der Waals surface area contributed by atoms with E-state index in [1.54, 1.807) is 0 Å². The van der Waals surface area contributed by atoms with Crippen molar-refractivity contribution in [2.24, 2.45) is 17.3 Å². The van der Waals surface area contributed by atoms with Gasteiger partial charge in [0.05, 0.1) is 0 Å². The molecule has 122 valence electrons. The Kier molecular flexibility index (Phi) is 5.30. The van der Waals surface area contributed by atoms with Gasteiger partial charge in [-0.05, 0) is 42.9 Å². The topological polar surface area (TPSA) is 12.0 Å². The van der Waals surface area contributed by atoms with Crippen LogP contribution in [-0.4, -0.2) is 12.1 Å². The number of hydrogen-bond acceptors (Lipinski definition) is 1. The summed E-state index contributed by atoms with van der Waals surface area (Å²) in [5, 5.41) is 4.20. The summed E-state index contributed by atoms with van der Waals surface area (Å²) >= 11 is 0. The lowest BCUT2D eigenvalue weighted by Crippen LogP contribution is -2.53. The second-order valence-corrected chi connectivity index (χ2v) is 8.91. The molecule has 0 aromatic carbocycles. The van der Waals surface area contributed by atoms with Crippen LogP contribution in [0.25, 0.3) is 0 Å². The molecule has 0 spiro atoms. The third-order valence-electron chi connectivity index (χ3n) is 7.00. The van der Waals surface area contributed by atoms with Gasteiger partial charge in [-0.25, -0.2) is 0 Å². The molecule has 0 amide bonds. The van der Waals surface area contributed by atoms with E-state index in [1.807, 2.05) is 0 Å². The lowest BCUT2D eigenvalue weighted by atomic mass is 9.69. The fourth-order valence-corrected chi connectivity index (χ4v) is 5.55. The molecule has 3 fully saturated rings. The van der Waals surface area contributed by atoms with Gasteiger partial charge in [-0.1, -0.05) is 71.6 Å². The minimum Gasteiger partial charge on any atom is -0.310 e. The van der Waals surface area contributed by atoms with E-state index in [4.69, 9.17) is 0 Å². The van der Waals surface area contributed by atoms with E-state index in [2.05, 4.69) is 19.2 Å². The molecule has 3 unspecified atom stereocenters. The molecule has 0 aromatic rings. The molecule has 3 saturated carbocycles. The van der Waals surface area contributed by atoms with E-state index in [-0.39, 0.29) is 0 Å². The second kappa shape index (κ2) is 7.02. The van der Waals surface area contributed by atoms with Gasteiger partial charge in [0.2, 0.25) is 0 Å². The first-order valence-electron chi connectivity index (χ1n) is 9.93. The predicted octanol–water partition coefficient (Wildman–Crippen LogP) is 5.68. The molecule has 1 N–H and O–H groups in total. The molecule has 1 nitrogen and oxygen atoms in total. The van der Waals surface area contributed by atoms with Crippen LogP contribution in [0.1, 0.15) is 97.3 Å². The fourth-order valence-electron chi connectivity index (χ4n) is 5.55. The lowest BCUT2D eigenvalue weighted by molar-refractivity contribution is 0.0961. The summed E-state index contributed by atoms with van der Waals surface area (Å²) in [6.45, 7) is 5.00. The fraction of sp³-hybridized carbons (Fsp3) is 1.00. The number of nitrogens with one attached hydrogen (secondary N) is 1. The van der Waals surface area contributed by atoms with Crippen LogP contribution in [0.3, 0.4) is 0 Å². The molecule has 0 aliphatic heterocycles. The average molecular weight is 292 g/mol. The third-order valence-corrected chi connectivity index (χ3v) is 7.00. The van der Waals surface area contributed by atoms with Crippen molar-refractivity contribution in [1.82, 2.24) is 5.32 Å². The highest BCUT2D eigenvalue weighted by atomic mass is 15.0. The summed E-state index contributed by atoms with van der Waals surface area (Å²) in [7, 11) is 0. The minimum atomic E-state index is 0.521. The van der Waals surface area contributed by atoms with Gasteiger partial charge in [0.25, 0.3) is 0 Å². The van der Waals surface area contributed by atoms with E-state index < -0.39 is 0 Å². The van der Waals surface area contributed by atoms with Crippen LogP contribution >= 0.6 is 0 Å². The van der Waals surface area contributed by atoms with E-state index in [1.165, 1.54) is 83.5 Å². The summed E-state index contributed by atoms with van der Waals surface area (Å²) < 4.78 is 0. The third kappa shape index (κ3) is 3.84. The van der Waals surface area contributed by atoms with Gasteiger partial charge in [-0.15, -0.1) is 0 Å². The Hall–Kier alpha value is -0.0400. The van der Waals surface area contributed by atoms with Crippen LogP contribution in [0, 0.1) is 17.3 Å². The average Bonchev–Trinajstić information content (AvgIpc) is 2.51. The zero-order chi connectivity index (χ0) is 14.7. The molecule has 3 aliphatic carbocycles. The van der Waals surface area contributed by atoms with Crippen molar-refractivity contribution in [2.45, 2.75) is 109 Å². The minimum absolute atomic E-state index is 0.521. The van der Waals surface area contributed by atoms with Crippen molar-refractivity contribution in [3.05, 3.63) is 0 Å². The molecular formula is C20H37N. The van der Waals surface area contributed by atoms with Crippen LogP contribution in [0.5, 0.6) is 0 Å². The van der Waals surface area contributed by atoms with Gasteiger partial charge in [-0.2, -0.15) is 0 Å². The van der Waals surface area contributed by atoms with Crippen LogP contribution < -0.4 is 5.32 Å². The standard InChI is InChI=1S/C20H37N/c1-20(2)15-9-8-14-19(20)21-18-13-7-6-12-17(18)16-10-4-3-5-11-16/h16-19,21H,3-15H2,1-2H3. The Bertz CT molecular complexity index is 316. The smallest absolute Gasteiger partial charge is 0.0121 e.